The number of hydrogen-bond donors (Lipinski definition) is 0. The van der Waals surface area contributed by atoms with Gasteiger partial charge in [0.1, 0.15) is 0 Å². The summed E-state index contributed by atoms with van der Waals surface area (Å²) in [6.07, 6.45) is 0. The third kappa shape index (κ3) is 4.79. The van der Waals surface area contributed by atoms with Crippen molar-refractivity contribution in [3.05, 3.63) is 212 Å². The number of nitrogens with zero attached hydrogens (tertiary/aromatic N) is 3. The first-order valence-electron chi connectivity index (χ1n) is 19.6. The van der Waals surface area contributed by atoms with Gasteiger partial charge in [-0.2, -0.15) is 0 Å². The largest absolute Gasteiger partial charge is 0.309 e. The summed E-state index contributed by atoms with van der Waals surface area (Å²) in [6, 6.07) is 77.4. The van der Waals surface area contributed by atoms with Crippen molar-refractivity contribution in [1.82, 2.24) is 13.7 Å². The molecule has 3 heteroatoms. The quantitative estimate of drug-likeness (QED) is 0.168. The van der Waals surface area contributed by atoms with Gasteiger partial charge < -0.3 is 13.7 Å². The fourth-order valence-corrected chi connectivity index (χ4v) is 9.36. The van der Waals surface area contributed by atoms with Crippen LogP contribution in [0.15, 0.2) is 212 Å². The maximum atomic E-state index is 2.48. The molecule has 9 aromatic carbocycles. The Morgan fingerprint density at radius 3 is 1.18 bits per heavy atom. The minimum atomic E-state index is 1.13. The van der Waals surface area contributed by atoms with Gasteiger partial charge in [-0.25, -0.2) is 0 Å². The molecule has 3 aromatic heterocycles. The van der Waals surface area contributed by atoms with Gasteiger partial charge in [-0.05, 0) is 89.0 Å². The maximum Gasteiger partial charge on any atom is 0.0641 e. The van der Waals surface area contributed by atoms with Crippen LogP contribution in [-0.4, -0.2) is 13.7 Å². The average Bonchev–Trinajstić information content (AvgIpc) is 3.93. The van der Waals surface area contributed by atoms with E-state index in [1.807, 2.05) is 0 Å². The van der Waals surface area contributed by atoms with Gasteiger partial charge in [0, 0.05) is 49.4 Å². The highest BCUT2D eigenvalue weighted by atomic mass is 15.0. The Hall–Kier alpha value is -7.62. The molecule has 266 valence electrons. The Kier molecular flexibility index (Phi) is 6.93. The van der Waals surface area contributed by atoms with Gasteiger partial charge in [0.2, 0.25) is 0 Å². The lowest BCUT2D eigenvalue weighted by molar-refractivity contribution is 1.17. The van der Waals surface area contributed by atoms with Crippen molar-refractivity contribution in [2.75, 3.05) is 0 Å². The molecule has 0 saturated heterocycles. The van der Waals surface area contributed by atoms with Crippen LogP contribution in [-0.2, 0) is 0 Å². The van der Waals surface area contributed by atoms with Gasteiger partial charge >= 0.3 is 0 Å². The standard InChI is InChI=1S/C54H35N3/c1-2-15-36(16-3-1)37-17-12-22-42(33-37)57-50-29-10-6-25-45(50)46-31-32-52-53(54(46)57)47-26-7-11-30-51(47)56(52)41-21-14-19-39(35-41)38-18-13-20-40(34-38)55-48-27-8-4-23-43(48)44-24-5-9-28-49(44)55/h1-35H. The number of rotatable bonds is 5. The van der Waals surface area contributed by atoms with Gasteiger partial charge in [-0.1, -0.05) is 146 Å². The Bertz CT molecular complexity index is 3470. The van der Waals surface area contributed by atoms with Crippen LogP contribution in [0, 0.1) is 0 Å². The van der Waals surface area contributed by atoms with Crippen LogP contribution in [0.5, 0.6) is 0 Å². The van der Waals surface area contributed by atoms with Crippen molar-refractivity contribution in [2.45, 2.75) is 0 Å². The first-order chi connectivity index (χ1) is 28.3. The van der Waals surface area contributed by atoms with Gasteiger partial charge in [-0.15, -0.1) is 0 Å². The summed E-state index contributed by atoms with van der Waals surface area (Å²) >= 11 is 0. The second kappa shape index (κ2) is 12.5. The Morgan fingerprint density at radius 1 is 0.228 bits per heavy atom. The van der Waals surface area contributed by atoms with Crippen molar-refractivity contribution in [2.24, 2.45) is 0 Å². The zero-order valence-electron chi connectivity index (χ0n) is 31.0. The minimum absolute atomic E-state index is 1.13. The number of aromatic nitrogens is 3. The van der Waals surface area contributed by atoms with Crippen molar-refractivity contribution in [3.63, 3.8) is 0 Å². The van der Waals surface area contributed by atoms with Crippen LogP contribution >= 0.6 is 0 Å². The SMILES string of the molecule is c1ccc(-c2cccc(-n3c4ccccc4c4ccc5c(c6ccccc6n5-c5cccc(-c6cccc(-n7c8ccccc8c8ccccc87)c6)c5)c43)c2)cc1. The molecule has 0 radical (unpaired) electrons. The van der Waals surface area contributed by atoms with Gasteiger partial charge in [0.15, 0.2) is 0 Å². The third-order valence-corrected chi connectivity index (χ3v) is 11.8. The molecule has 3 nitrogen and oxygen atoms in total. The molecule has 3 heterocycles. The van der Waals surface area contributed by atoms with E-state index in [0.717, 1.165) is 17.1 Å². The first-order valence-corrected chi connectivity index (χ1v) is 19.6. The molecule has 12 aromatic rings. The van der Waals surface area contributed by atoms with E-state index in [2.05, 4.69) is 226 Å². The molecule has 0 aliphatic carbocycles. The van der Waals surface area contributed by atoms with E-state index in [0.29, 0.717) is 0 Å². The summed E-state index contributed by atoms with van der Waals surface area (Å²) in [4.78, 5) is 0. The monoisotopic (exact) mass is 725 g/mol. The minimum Gasteiger partial charge on any atom is -0.309 e. The molecule has 0 fully saturated rings. The van der Waals surface area contributed by atoms with Crippen molar-refractivity contribution in [1.29, 1.82) is 0 Å². The second-order valence-electron chi connectivity index (χ2n) is 14.9. The van der Waals surface area contributed by atoms with E-state index in [9.17, 15) is 0 Å². The third-order valence-electron chi connectivity index (χ3n) is 11.8. The summed E-state index contributed by atoms with van der Waals surface area (Å²) in [5.41, 5.74) is 15.4. The molecule has 0 saturated carbocycles. The van der Waals surface area contributed by atoms with Gasteiger partial charge in [0.25, 0.3) is 0 Å². The summed E-state index contributed by atoms with van der Waals surface area (Å²) in [7, 11) is 0. The maximum absolute atomic E-state index is 2.48. The van der Waals surface area contributed by atoms with E-state index in [1.54, 1.807) is 0 Å². The van der Waals surface area contributed by atoms with E-state index in [-0.39, 0.29) is 0 Å². The topological polar surface area (TPSA) is 14.8 Å². The number of fused-ring (bicyclic) bond motifs is 10. The molecule has 0 unspecified atom stereocenters. The number of benzene rings is 9. The zero-order valence-corrected chi connectivity index (χ0v) is 31.0. The Morgan fingerprint density at radius 2 is 0.614 bits per heavy atom. The lowest BCUT2D eigenvalue weighted by Crippen LogP contribution is -1.96. The molecule has 0 aliphatic rings. The molecule has 0 aliphatic heterocycles. The second-order valence-corrected chi connectivity index (χ2v) is 14.9. The molecule has 0 spiro atoms. The fourth-order valence-electron chi connectivity index (χ4n) is 9.36. The molecular formula is C54H35N3. The molecule has 12 rings (SSSR count). The Balaban J connectivity index is 1.07. The summed E-state index contributed by atoms with van der Waals surface area (Å²) in [6.45, 7) is 0. The fraction of sp³-hybridized carbons (Fsp3) is 0. The smallest absolute Gasteiger partial charge is 0.0641 e. The predicted molar refractivity (Wildman–Crippen MR) is 240 cm³/mol. The van der Waals surface area contributed by atoms with Gasteiger partial charge in [0.05, 0.1) is 33.1 Å². The molecule has 0 bridgehead atoms. The van der Waals surface area contributed by atoms with Gasteiger partial charge in [-0.3, -0.25) is 0 Å². The van der Waals surface area contributed by atoms with Crippen LogP contribution in [0.25, 0.3) is 105 Å². The predicted octanol–water partition coefficient (Wildman–Crippen LogP) is 14.3. The van der Waals surface area contributed by atoms with Crippen LogP contribution in [0.2, 0.25) is 0 Å². The van der Waals surface area contributed by atoms with Crippen molar-refractivity contribution >= 4 is 65.4 Å². The van der Waals surface area contributed by atoms with Crippen LogP contribution in [0.1, 0.15) is 0 Å². The van der Waals surface area contributed by atoms with Crippen LogP contribution < -0.4 is 0 Å². The van der Waals surface area contributed by atoms with E-state index in [1.165, 1.54) is 87.7 Å². The first kappa shape index (κ1) is 31.7. The number of para-hydroxylation sites is 4. The number of hydrogen-bond acceptors (Lipinski definition) is 0. The summed E-state index contributed by atoms with van der Waals surface area (Å²) in [5.74, 6) is 0. The normalized spacial score (nSPS) is 11.9. The lowest BCUT2D eigenvalue weighted by Gasteiger charge is -2.13. The summed E-state index contributed by atoms with van der Waals surface area (Å²) in [5, 5.41) is 7.53. The van der Waals surface area contributed by atoms with Crippen molar-refractivity contribution in [3.8, 4) is 39.3 Å². The molecule has 0 atom stereocenters. The summed E-state index contributed by atoms with van der Waals surface area (Å²) < 4.78 is 7.32. The highest BCUT2D eigenvalue weighted by molar-refractivity contribution is 6.26. The average molecular weight is 726 g/mol. The van der Waals surface area contributed by atoms with E-state index in [4.69, 9.17) is 0 Å². The highest BCUT2D eigenvalue weighted by Crippen LogP contribution is 2.43. The van der Waals surface area contributed by atoms with E-state index < -0.39 is 0 Å². The van der Waals surface area contributed by atoms with Crippen LogP contribution in [0.4, 0.5) is 0 Å². The Labute approximate surface area is 329 Å². The highest BCUT2D eigenvalue weighted by Gasteiger charge is 2.21. The van der Waals surface area contributed by atoms with E-state index >= 15 is 0 Å². The molecule has 57 heavy (non-hydrogen) atoms. The van der Waals surface area contributed by atoms with Crippen LogP contribution in [0.3, 0.4) is 0 Å². The molecule has 0 N–H and O–H groups in total. The lowest BCUT2D eigenvalue weighted by atomic mass is 10.0. The molecule has 0 amide bonds. The van der Waals surface area contributed by atoms with Crippen molar-refractivity contribution < 1.29 is 0 Å². The zero-order chi connectivity index (χ0) is 37.5. The molecular weight excluding hydrogens is 691 g/mol.